The van der Waals surface area contributed by atoms with Gasteiger partial charge in [-0.2, -0.15) is 0 Å². The molecule has 0 bridgehead atoms. The molecule has 0 unspecified atom stereocenters. The number of benzene rings is 1. The van der Waals surface area contributed by atoms with Crippen molar-refractivity contribution in [3.05, 3.63) is 46.0 Å². The van der Waals surface area contributed by atoms with Crippen molar-refractivity contribution in [1.29, 1.82) is 0 Å². The monoisotopic (exact) mass is 387 g/mol. The van der Waals surface area contributed by atoms with E-state index in [1.54, 1.807) is 17.9 Å². The molecule has 0 saturated heterocycles. The number of nitrogens with zero attached hydrogens (tertiary/aromatic N) is 2. The Morgan fingerprint density at radius 2 is 2.00 bits per heavy atom. The molecule has 1 aliphatic heterocycles. The number of anilines is 1. The smallest absolute Gasteiger partial charge is 0.357 e. The van der Waals surface area contributed by atoms with Gasteiger partial charge >= 0.3 is 5.97 Å². The van der Waals surface area contributed by atoms with E-state index in [1.165, 1.54) is 18.4 Å². The molecule has 8 heteroatoms. The molecular weight excluding hydrogens is 366 g/mol. The third-order valence-electron chi connectivity index (χ3n) is 4.49. The van der Waals surface area contributed by atoms with Crippen LogP contribution >= 0.6 is 11.3 Å². The molecule has 1 aromatic carbocycles. The van der Waals surface area contributed by atoms with Gasteiger partial charge in [0.15, 0.2) is 10.8 Å². The van der Waals surface area contributed by atoms with Gasteiger partial charge in [0, 0.05) is 17.0 Å². The number of carbonyl (C=O) groups is 3. The van der Waals surface area contributed by atoms with Crippen molar-refractivity contribution in [2.24, 2.45) is 5.92 Å². The minimum atomic E-state index is -0.643. The fraction of sp³-hybridized carbons (Fsp3) is 0.368. The van der Waals surface area contributed by atoms with Crippen molar-refractivity contribution in [3.8, 4) is 0 Å². The second-order valence-corrected chi connectivity index (χ2v) is 7.89. The number of aromatic nitrogens is 1. The zero-order chi connectivity index (χ0) is 19.7. The summed E-state index contributed by atoms with van der Waals surface area (Å²) in [6.07, 6.45) is 0. The molecule has 1 aromatic heterocycles. The van der Waals surface area contributed by atoms with E-state index in [2.05, 4.69) is 10.3 Å². The predicted octanol–water partition coefficient (Wildman–Crippen LogP) is 2.86. The number of amides is 2. The first-order valence-corrected chi connectivity index (χ1v) is 9.40. The summed E-state index contributed by atoms with van der Waals surface area (Å²) in [5.41, 5.74) is 1.73. The Kier molecular flexibility index (Phi) is 5.27. The number of methoxy groups -OCH3 is 1. The first-order valence-electron chi connectivity index (χ1n) is 8.59. The van der Waals surface area contributed by atoms with Crippen LogP contribution in [0.1, 0.15) is 45.1 Å². The number of aryl methyl sites for hydroxylation is 1. The molecule has 0 saturated carbocycles. The van der Waals surface area contributed by atoms with Gasteiger partial charge in [0.1, 0.15) is 6.04 Å². The van der Waals surface area contributed by atoms with Gasteiger partial charge < -0.3 is 15.0 Å². The average Bonchev–Trinajstić information content (AvgIpc) is 3.15. The van der Waals surface area contributed by atoms with Crippen LogP contribution in [0.15, 0.2) is 24.3 Å². The fourth-order valence-corrected chi connectivity index (χ4v) is 4.03. The van der Waals surface area contributed by atoms with E-state index >= 15 is 0 Å². The quantitative estimate of drug-likeness (QED) is 0.797. The molecular formula is C19H21N3O4S. The van der Waals surface area contributed by atoms with Crippen LogP contribution in [-0.4, -0.2) is 40.8 Å². The topological polar surface area (TPSA) is 88.6 Å². The van der Waals surface area contributed by atoms with Gasteiger partial charge in [0.25, 0.3) is 5.91 Å². The number of carbonyl (C=O) groups excluding carboxylic acids is 3. The lowest BCUT2D eigenvalue weighted by atomic mass is 10.0. The van der Waals surface area contributed by atoms with Gasteiger partial charge in [-0.05, 0) is 24.5 Å². The number of rotatable bonds is 5. The van der Waals surface area contributed by atoms with E-state index in [9.17, 15) is 14.4 Å². The van der Waals surface area contributed by atoms with Crippen molar-refractivity contribution < 1.29 is 19.1 Å². The maximum Gasteiger partial charge on any atom is 0.357 e. The third-order valence-corrected chi connectivity index (χ3v) is 5.38. The van der Waals surface area contributed by atoms with Crippen LogP contribution in [0.25, 0.3) is 0 Å². The molecule has 0 radical (unpaired) electrons. The summed E-state index contributed by atoms with van der Waals surface area (Å²) in [5.74, 6) is -1.11. The Labute approximate surface area is 161 Å². The van der Waals surface area contributed by atoms with Crippen molar-refractivity contribution in [3.63, 3.8) is 0 Å². The van der Waals surface area contributed by atoms with Crippen molar-refractivity contribution in [2.45, 2.75) is 33.4 Å². The molecule has 1 aliphatic rings. The van der Waals surface area contributed by atoms with Crippen LogP contribution in [-0.2, 0) is 16.1 Å². The predicted molar refractivity (Wildman–Crippen MR) is 102 cm³/mol. The Bertz CT molecular complexity index is 906. The minimum absolute atomic E-state index is 0.0931. The van der Waals surface area contributed by atoms with Crippen LogP contribution in [0, 0.1) is 12.8 Å². The van der Waals surface area contributed by atoms with Gasteiger partial charge in [-0.15, -0.1) is 11.3 Å². The summed E-state index contributed by atoms with van der Waals surface area (Å²) in [7, 11) is 1.28. The summed E-state index contributed by atoms with van der Waals surface area (Å²) >= 11 is 1.20. The van der Waals surface area contributed by atoms with Gasteiger partial charge in [0.05, 0.1) is 7.11 Å². The molecule has 0 spiro atoms. The lowest BCUT2D eigenvalue weighted by molar-refractivity contribution is -0.122. The van der Waals surface area contributed by atoms with Gasteiger partial charge in [0.2, 0.25) is 5.91 Å². The number of ether oxygens (including phenoxy) is 1. The van der Waals surface area contributed by atoms with Crippen LogP contribution in [0.2, 0.25) is 0 Å². The highest BCUT2D eigenvalue weighted by atomic mass is 32.1. The molecule has 142 valence electrons. The van der Waals surface area contributed by atoms with Crippen molar-refractivity contribution in [1.82, 2.24) is 9.88 Å². The van der Waals surface area contributed by atoms with E-state index < -0.39 is 12.0 Å². The molecule has 27 heavy (non-hydrogen) atoms. The van der Waals surface area contributed by atoms with Gasteiger partial charge in [-0.1, -0.05) is 32.0 Å². The highest BCUT2D eigenvalue weighted by Gasteiger charge is 2.38. The van der Waals surface area contributed by atoms with Crippen LogP contribution in [0.3, 0.4) is 0 Å². The highest BCUT2D eigenvalue weighted by Crippen LogP contribution is 2.29. The molecule has 0 aliphatic carbocycles. The summed E-state index contributed by atoms with van der Waals surface area (Å²) in [6.45, 7) is 5.93. The fourth-order valence-electron chi connectivity index (χ4n) is 3.22. The number of hydrogen-bond acceptors (Lipinski definition) is 6. The first-order chi connectivity index (χ1) is 12.8. The molecule has 7 nitrogen and oxygen atoms in total. The number of hydrogen-bond donors (Lipinski definition) is 1. The zero-order valence-electron chi connectivity index (χ0n) is 15.6. The Balaban J connectivity index is 1.82. The Morgan fingerprint density at radius 1 is 1.30 bits per heavy atom. The number of nitrogens with one attached hydrogen (secondary N) is 1. The molecule has 2 aromatic rings. The molecule has 0 fully saturated rings. The number of thiazole rings is 1. The first kappa shape index (κ1) is 19.0. The Hall–Kier alpha value is -2.74. The molecule has 3 rings (SSSR count). The van der Waals surface area contributed by atoms with Gasteiger partial charge in [-0.25, -0.2) is 9.78 Å². The zero-order valence-corrected chi connectivity index (χ0v) is 16.4. The van der Waals surface area contributed by atoms with Crippen LogP contribution in [0.5, 0.6) is 0 Å². The second kappa shape index (κ2) is 7.48. The van der Waals surface area contributed by atoms with Gasteiger partial charge in [-0.3, -0.25) is 9.59 Å². The van der Waals surface area contributed by atoms with E-state index in [1.807, 2.05) is 32.0 Å². The summed E-state index contributed by atoms with van der Waals surface area (Å²) < 4.78 is 4.69. The lowest BCUT2D eigenvalue weighted by Gasteiger charge is -2.29. The Morgan fingerprint density at radius 3 is 2.63 bits per heavy atom. The van der Waals surface area contributed by atoms with Crippen LogP contribution in [0.4, 0.5) is 5.13 Å². The molecule has 1 N–H and O–H groups in total. The third kappa shape index (κ3) is 3.57. The largest absolute Gasteiger partial charge is 0.464 e. The molecule has 2 heterocycles. The van der Waals surface area contributed by atoms with Crippen molar-refractivity contribution in [2.75, 3.05) is 12.4 Å². The lowest BCUT2D eigenvalue weighted by Crippen LogP contribution is -2.47. The summed E-state index contributed by atoms with van der Waals surface area (Å²) in [6, 6.07) is 6.73. The maximum atomic E-state index is 12.9. The molecule has 1 atom stereocenters. The van der Waals surface area contributed by atoms with Crippen molar-refractivity contribution >= 4 is 34.3 Å². The van der Waals surface area contributed by atoms with E-state index in [4.69, 9.17) is 4.74 Å². The summed E-state index contributed by atoms with van der Waals surface area (Å²) in [5, 5.41) is 3.07. The molecule has 2 amide bonds. The standard InChI is InChI=1S/C19H21N3O4S/c1-10(2)15(22-9-12-7-5-6-8-13(12)17(22)24)16(23)21-19-20-14(11(3)27-19)18(25)26-4/h5-8,10,15H,9H2,1-4H3,(H,20,21,23)/t15-/m0/s1. The van der Waals surface area contributed by atoms with E-state index in [0.29, 0.717) is 22.1 Å². The van der Waals surface area contributed by atoms with Crippen LogP contribution < -0.4 is 5.32 Å². The summed E-state index contributed by atoms with van der Waals surface area (Å²) in [4.78, 5) is 43.8. The van der Waals surface area contributed by atoms with E-state index in [-0.39, 0.29) is 23.4 Å². The second-order valence-electron chi connectivity index (χ2n) is 6.68. The average molecular weight is 387 g/mol. The number of esters is 1. The normalized spacial score (nSPS) is 14.3. The number of fused-ring (bicyclic) bond motifs is 1. The highest BCUT2D eigenvalue weighted by molar-refractivity contribution is 7.16. The maximum absolute atomic E-state index is 12.9. The van der Waals surface area contributed by atoms with E-state index in [0.717, 1.165) is 5.56 Å². The SMILES string of the molecule is COC(=O)c1nc(NC(=O)[C@H](C(C)C)N2Cc3ccccc3C2=O)sc1C. The minimum Gasteiger partial charge on any atom is -0.464 e.